The third kappa shape index (κ3) is 3.12. The summed E-state index contributed by atoms with van der Waals surface area (Å²) >= 11 is 3.15. The van der Waals surface area contributed by atoms with Crippen LogP contribution in [0.2, 0.25) is 0 Å². The molecule has 1 aromatic heterocycles. The number of halogens is 3. The van der Waals surface area contributed by atoms with Gasteiger partial charge in [-0.2, -0.15) is 0 Å². The molecule has 0 amide bonds. The number of nitrogens with zero attached hydrogens (tertiary/aromatic N) is 2. The zero-order chi connectivity index (χ0) is 14.0. The molecule has 6 heteroatoms. The van der Waals surface area contributed by atoms with Gasteiger partial charge < -0.3 is 9.88 Å². The van der Waals surface area contributed by atoms with Crippen LogP contribution in [0, 0.1) is 18.6 Å². The van der Waals surface area contributed by atoms with Gasteiger partial charge in [0.25, 0.3) is 0 Å². The third-order valence-corrected chi connectivity index (χ3v) is 3.23. The fourth-order valence-corrected chi connectivity index (χ4v) is 2.34. The van der Waals surface area contributed by atoms with Gasteiger partial charge in [0.1, 0.15) is 5.82 Å². The molecule has 1 N–H and O–H groups in total. The summed E-state index contributed by atoms with van der Waals surface area (Å²) in [5.74, 6) is -0.732. The highest BCUT2D eigenvalue weighted by Crippen LogP contribution is 2.29. The fourth-order valence-electron chi connectivity index (χ4n) is 1.83. The molecule has 3 nitrogen and oxygen atoms in total. The molecule has 0 saturated carbocycles. The van der Waals surface area contributed by atoms with Crippen LogP contribution in [0.4, 0.5) is 20.4 Å². The molecule has 0 radical (unpaired) electrons. The van der Waals surface area contributed by atoms with Gasteiger partial charge in [0.15, 0.2) is 5.82 Å². The molecule has 0 unspecified atom stereocenters. The standard InChI is InChI=1S/C13H14BrF2N3/c1-3-4-19-7-8(2)17-13(19)18-12-10(14)5-9(15)6-11(12)16/h5-7H,3-4H2,1-2H3,(H,17,18). The molecule has 2 rings (SSSR count). The summed E-state index contributed by atoms with van der Waals surface area (Å²) in [6.07, 6.45) is 2.83. The lowest BCUT2D eigenvalue weighted by Gasteiger charge is -2.11. The SMILES string of the molecule is CCCn1cc(C)nc1Nc1c(F)cc(F)cc1Br. The maximum absolute atomic E-state index is 13.8. The van der Waals surface area contributed by atoms with Gasteiger partial charge in [0, 0.05) is 23.3 Å². The van der Waals surface area contributed by atoms with Crippen molar-refractivity contribution in [3.05, 3.63) is 40.1 Å². The van der Waals surface area contributed by atoms with Gasteiger partial charge in [-0.3, -0.25) is 0 Å². The van der Waals surface area contributed by atoms with Crippen molar-refractivity contribution in [2.45, 2.75) is 26.8 Å². The lowest BCUT2D eigenvalue weighted by Crippen LogP contribution is -2.04. The van der Waals surface area contributed by atoms with E-state index in [-0.39, 0.29) is 5.69 Å². The van der Waals surface area contributed by atoms with Crippen LogP contribution in [-0.2, 0) is 6.54 Å². The largest absolute Gasteiger partial charge is 0.322 e. The number of rotatable bonds is 4. The first-order valence-electron chi connectivity index (χ1n) is 5.96. The molecule has 102 valence electrons. The maximum Gasteiger partial charge on any atom is 0.207 e. The summed E-state index contributed by atoms with van der Waals surface area (Å²) in [6.45, 7) is 4.70. The van der Waals surface area contributed by atoms with Crippen molar-refractivity contribution in [2.75, 3.05) is 5.32 Å². The Morgan fingerprint density at radius 1 is 1.37 bits per heavy atom. The van der Waals surface area contributed by atoms with Crippen LogP contribution in [0.1, 0.15) is 19.0 Å². The van der Waals surface area contributed by atoms with Crippen LogP contribution < -0.4 is 5.32 Å². The van der Waals surface area contributed by atoms with Gasteiger partial charge in [-0.05, 0) is 35.3 Å². The Hall–Kier alpha value is -1.43. The van der Waals surface area contributed by atoms with Gasteiger partial charge in [0.2, 0.25) is 5.95 Å². The normalized spacial score (nSPS) is 10.8. The Balaban J connectivity index is 2.36. The van der Waals surface area contributed by atoms with Gasteiger partial charge in [-0.25, -0.2) is 13.8 Å². The van der Waals surface area contributed by atoms with E-state index < -0.39 is 11.6 Å². The van der Waals surface area contributed by atoms with Gasteiger partial charge in [-0.1, -0.05) is 6.92 Å². The highest BCUT2D eigenvalue weighted by molar-refractivity contribution is 9.10. The number of aryl methyl sites for hydroxylation is 2. The van der Waals surface area contributed by atoms with Crippen LogP contribution in [-0.4, -0.2) is 9.55 Å². The fraction of sp³-hybridized carbons (Fsp3) is 0.308. The Morgan fingerprint density at radius 3 is 2.74 bits per heavy atom. The molecule has 0 fully saturated rings. The van der Waals surface area contributed by atoms with E-state index in [1.807, 2.05) is 24.6 Å². The summed E-state index contributed by atoms with van der Waals surface area (Å²) in [6, 6.07) is 2.05. The highest BCUT2D eigenvalue weighted by Gasteiger charge is 2.13. The van der Waals surface area contributed by atoms with E-state index in [0.29, 0.717) is 10.4 Å². The van der Waals surface area contributed by atoms with E-state index in [9.17, 15) is 8.78 Å². The topological polar surface area (TPSA) is 29.9 Å². The molecule has 0 spiro atoms. The monoisotopic (exact) mass is 329 g/mol. The van der Waals surface area contributed by atoms with Crippen LogP contribution in [0.15, 0.2) is 22.8 Å². The van der Waals surface area contributed by atoms with E-state index in [0.717, 1.165) is 24.7 Å². The second kappa shape index (κ2) is 5.69. The van der Waals surface area contributed by atoms with Crippen LogP contribution in [0.3, 0.4) is 0 Å². The van der Waals surface area contributed by atoms with E-state index >= 15 is 0 Å². The Bertz CT molecular complexity index is 573. The van der Waals surface area contributed by atoms with Crippen molar-refractivity contribution in [1.82, 2.24) is 9.55 Å². The maximum atomic E-state index is 13.8. The minimum atomic E-state index is -0.657. The first kappa shape index (κ1) is 14.0. The molecule has 0 aliphatic carbocycles. The van der Waals surface area contributed by atoms with Crippen molar-refractivity contribution in [3.63, 3.8) is 0 Å². The lowest BCUT2D eigenvalue weighted by molar-refractivity contribution is 0.584. The number of nitrogens with one attached hydrogen (secondary N) is 1. The quantitative estimate of drug-likeness (QED) is 0.901. The lowest BCUT2D eigenvalue weighted by atomic mass is 10.3. The summed E-state index contributed by atoms with van der Waals surface area (Å²) in [4.78, 5) is 4.30. The van der Waals surface area contributed by atoms with Gasteiger partial charge in [0.05, 0.1) is 11.4 Å². The number of anilines is 2. The average molecular weight is 330 g/mol. The Kier molecular flexibility index (Phi) is 4.19. The van der Waals surface area contributed by atoms with Crippen molar-refractivity contribution >= 4 is 27.6 Å². The summed E-state index contributed by atoms with van der Waals surface area (Å²) in [5.41, 5.74) is 1.03. The van der Waals surface area contributed by atoms with E-state index in [1.54, 1.807) is 0 Å². The van der Waals surface area contributed by atoms with E-state index in [4.69, 9.17) is 0 Å². The number of benzene rings is 1. The second-order valence-corrected chi connectivity index (χ2v) is 5.12. The first-order valence-corrected chi connectivity index (χ1v) is 6.76. The van der Waals surface area contributed by atoms with Crippen molar-refractivity contribution in [3.8, 4) is 0 Å². The number of hydrogen-bond donors (Lipinski definition) is 1. The molecule has 1 aromatic carbocycles. The van der Waals surface area contributed by atoms with E-state index in [1.165, 1.54) is 6.07 Å². The van der Waals surface area contributed by atoms with Gasteiger partial charge >= 0.3 is 0 Å². The first-order chi connectivity index (χ1) is 9.01. The summed E-state index contributed by atoms with van der Waals surface area (Å²) in [5, 5.41) is 2.91. The number of aromatic nitrogens is 2. The molecule has 1 heterocycles. The molecular weight excluding hydrogens is 316 g/mol. The molecule has 2 aromatic rings. The summed E-state index contributed by atoms with van der Waals surface area (Å²) < 4.78 is 29.0. The zero-order valence-electron chi connectivity index (χ0n) is 10.7. The van der Waals surface area contributed by atoms with E-state index in [2.05, 4.69) is 26.2 Å². The molecule has 0 aliphatic rings. The predicted molar refractivity (Wildman–Crippen MR) is 74.6 cm³/mol. The molecule has 19 heavy (non-hydrogen) atoms. The molecule has 0 saturated heterocycles. The van der Waals surface area contributed by atoms with Crippen LogP contribution in [0.5, 0.6) is 0 Å². The van der Waals surface area contributed by atoms with Crippen molar-refractivity contribution in [2.24, 2.45) is 0 Å². The molecular formula is C13H14BrF2N3. The van der Waals surface area contributed by atoms with Crippen LogP contribution >= 0.6 is 15.9 Å². The van der Waals surface area contributed by atoms with Gasteiger partial charge in [-0.15, -0.1) is 0 Å². The zero-order valence-corrected chi connectivity index (χ0v) is 12.3. The number of imidazole rings is 1. The molecule has 0 bridgehead atoms. The number of hydrogen-bond acceptors (Lipinski definition) is 2. The van der Waals surface area contributed by atoms with Crippen molar-refractivity contribution in [1.29, 1.82) is 0 Å². The third-order valence-electron chi connectivity index (χ3n) is 2.61. The predicted octanol–water partition coefficient (Wildman–Crippen LogP) is 4.39. The molecule has 0 atom stereocenters. The minimum Gasteiger partial charge on any atom is -0.322 e. The smallest absolute Gasteiger partial charge is 0.207 e. The average Bonchev–Trinajstić information content (AvgIpc) is 2.64. The minimum absolute atomic E-state index is 0.185. The second-order valence-electron chi connectivity index (χ2n) is 4.27. The summed E-state index contributed by atoms with van der Waals surface area (Å²) in [7, 11) is 0. The van der Waals surface area contributed by atoms with Crippen molar-refractivity contribution < 1.29 is 8.78 Å². The molecule has 0 aliphatic heterocycles. The Morgan fingerprint density at radius 2 is 2.11 bits per heavy atom. The van der Waals surface area contributed by atoms with Crippen LogP contribution in [0.25, 0.3) is 0 Å². The Labute approximate surface area is 118 Å². The highest BCUT2D eigenvalue weighted by atomic mass is 79.9.